The summed E-state index contributed by atoms with van der Waals surface area (Å²) in [6.07, 6.45) is 1.21. The Morgan fingerprint density at radius 2 is 1.48 bits per heavy atom. The SMILES string of the molecule is O=P(O)(O)C(CCCc1ccc(-c2ccccc2)cc1)P(O)O. The van der Waals surface area contributed by atoms with Crippen LogP contribution in [0.5, 0.6) is 0 Å². The monoisotopic (exact) mass is 354 g/mol. The number of benzene rings is 2. The molecule has 0 radical (unpaired) electrons. The molecule has 0 fully saturated rings. The van der Waals surface area contributed by atoms with E-state index in [9.17, 15) is 4.57 Å². The first-order chi connectivity index (χ1) is 10.9. The smallest absolute Gasteiger partial charge is 0.337 e. The first-order valence-electron chi connectivity index (χ1n) is 7.24. The number of hydrogen-bond acceptors (Lipinski definition) is 3. The molecular weight excluding hydrogens is 334 g/mol. The molecule has 23 heavy (non-hydrogen) atoms. The maximum Gasteiger partial charge on any atom is 0.337 e. The summed E-state index contributed by atoms with van der Waals surface area (Å²) in [6.45, 7) is 0. The molecule has 5 nitrogen and oxygen atoms in total. The highest BCUT2D eigenvalue weighted by atomic mass is 31.2. The second-order valence-electron chi connectivity index (χ2n) is 5.35. The molecule has 124 valence electrons. The maximum absolute atomic E-state index is 11.2. The van der Waals surface area contributed by atoms with Gasteiger partial charge in [0.2, 0.25) is 0 Å². The Bertz CT molecular complexity index is 652. The van der Waals surface area contributed by atoms with Gasteiger partial charge < -0.3 is 19.6 Å². The average Bonchev–Trinajstić information content (AvgIpc) is 2.51. The van der Waals surface area contributed by atoms with Gasteiger partial charge in [-0.15, -0.1) is 0 Å². The van der Waals surface area contributed by atoms with Crippen molar-refractivity contribution in [2.75, 3.05) is 0 Å². The quantitative estimate of drug-likeness (QED) is 0.571. The van der Waals surface area contributed by atoms with Crippen molar-refractivity contribution >= 4 is 16.0 Å². The van der Waals surface area contributed by atoms with Gasteiger partial charge in [0.05, 0.1) is 0 Å². The molecule has 7 heteroatoms. The lowest BCUT2D eigenvalue weighted by Crippen LogP contribution is -2.06. The Hall–Kier alpha value is -1.06. The van der Waals surface area contributed by atoms with Gasteiger partial charge in [0, 0.05) is 0 Å². The minimum absolute atomic E-state index is 0.0867. The Kier molecular flexibility index (Phi) is 6.49. The molecule has 0 aromatic heterocycles. The first-order valence-corrected chi connectivity index (χ1v) is 10.2. The van der Waals surface area contributed by atoms with E-state index < -0.39 is 21.4 Å². The molecule has 0 aliphatic rings. The molecule has 0 saturated heterocycles. The van der Waals surface area contributed by atoms with Gasteiger partial charge >= 0.3 is 7.60 Å². The van der Waals surface area contributed by atoms with Gasteiger partial charge in [0.1, 0.15) is 5.40 Å². The Morgan fingerprint density at radius 3 is 2.00 bits per heavy atom. The van der Waals surface area contributed by atoms with E-state index in [0.29, 0.717) is 12.8 Å². The molecule has 2 aromatic rings. The summed E-state index contributed by atoms with van der Waals surface area (Å²) in [7, 11) is -7.10. The molecule has 0 saturated carbocycles. The molecule has 0 bridgehead atoms. The van der Waals surface area contributed by atoms with Crippen molar-refractivity contribution in [2.24, 2.45) is 0 Å². The van der Waals surface area contributed by atoms with E-state index in [-0.39, 0.29) is 6.42 Å². The molecule has 0 spiro atoms. The molecule has 0 aliphatic heterocycles. The van der Waals surface area contributed by atoms with Gasteiger partial charge in [-0.05, 0) is 36.0 Å². The summed E-state index contributed by atoms with van der Waals surface area (Å²) in [5.74, 6) is 0. The third kappa shape index (κ3) is 5.50. The van der Waals surface area contributed by atoms with Crippen LogP contribution in [0.2, 0.25) is 0 Å². The Balaban J connectivity index is 1.93. The van der Waals surface area contributed by atoms with Crippen molar-refractivity contribution in [3.8, 4) is 11.1 Å². The Labute approximate surface area is 136 Å². The van der Waals surface area contributed by atoms with Crippen LogP contribution >= 0.6 is 16.0 Å². The first kappa shape index (κ1) is 18.3. The van der Waals surface area contributed by atoms with Crippen LogP contribution in [-0.4, -0.2) is 25.0 Å². The van der Waals surface area contributed by atoms with Crippen LogP contribution in [0.15, 0.2) is 54.6 Å². The van der Waals surface area contributed by atoms with Crippen molar-refractivity contribution in [1.29, 1.82) is 0 Å². The van der Waals surface area contributed by atoms with Crippen molar-refractivity contribution in [3.05, 3.63) is 60.2 Å². The van der Waals surface area contributed by atoms with Crippen LogP contribution in [0.25, 0.3) is 11.1 Å². The van der Waals surface area contributed by atoms with E-state index in [0.717, 1.165) is 16.7 Å². The Morgan fingerprint density at radius 1 is 0.913 bits per heavy atom. The van der Waals surface area contributed by atoms with Gasteiger partial charge in [0.15, 0.2) is 8.38 Å². The summed E-state index contributed by atoms with van der Waals surface area (Å²) in [6, 6.07) is 18.0. The van der Waals surface area contributed by atoms with Crippen LogP contribution in [0.4, 0.5) is 0 Å². The van der Waals surface area contributed by atoms with Crippen molar-refractivity contribution in [2.45, 2.75) is 24.7 Å². The highest BCUT2D eigenvalue weighted by molar-refractivity contribution is 7.67. The highest BCUT2D eigenvalue weighted by Crippen LogP contribution is 2.57. The van der Waals surface area contributed by atoms with Crippen molar-refractivity contribution in [3.63, 3.8) is 0 Å². The van der Waals surface area contributed by atoms with Crippen LogP contribution in [-0.2, 0) is 11.0 Å². The zero-order valence-corrected chi connectivity index (χ0v) is 14.3. The highest BCUT2D eigenvalue weighted by Gasteiger charge is 2.34. The fourth-order valence-electron chi connectivity index (χ4n) is 2.40. The molecule has 1 atom stereocenters. The van der Waals surface area contributed by atoms with Gasteiger partial charge in [-0.25, -0.2) is 0 Å². The normalized spacial score (nSPS) is 13.3. The third-order valence-electron chi connectivity index (χ3n) is 3.64. The predicted octanol–water partition coefficient (Wildman–Crippen LogP) is 3.48. The standard InChI is InChI=1S/C16H20O5P2/c17-22(18)16(23(19,20)21)8-4-5-13-9-11-15(12-10-13)14-6-2-1-3-7-14/h1-3,6-7,9-12,16-18H,4-5,8H2,(H2,19,20,21). The van der Waals surface area contributed by atoms with Crippen LogP contribution < -0.4 is 0 Å². The molecule has 2 aromatic carbocycles. The van der Waals surface area contributed by atoms with Crippen molar-refractivity contribution < 1.29 is 24.1 Å². The topological polar surface area (TPSA) is 98.0 Å². The van der Waals surface area contributed by atoms with Gasteiger partial charge in [-0.2, -0.15) is 0 Å². The van der Waals surface area contributed by atoms with Gasteiger partial charge in [-0.3, -0.25) is 4.57 Å². The molecule has 0 amide bonds. The number of aryl methyl sites for hydroxylation is 1. The van der Waals surface area contributed by atoms with Crippen LogP contribution in [0.3, 0.4) is 0 Å². The lowest BCUT2D eigenvalue weighted by molar-refractivity contribution is 0.358. The second kappa shape index (κ2) is 8.16. The van der Waals surface area contributed by atoms with Gasteiger partial charge in [0.25, 0.3) is 0 Å². The fourth-order valence-corrected chi connectivity index (χ4v) is 4.41. The summed E-state index contributed by atoms with van der Waals surface area (Å²) in [4.78, 5) is 36.5. The summed E-state index contributed by atoms with van der Waals surface area (Å²) < 4.78 is 11.2. The van der Waals surface area contributed by atoms with E-state index in [1.54, 1.807) is 0 Å². The third-order valence-corrected chi connectivity index (χ3v) is 6.99. The summed E-state index contributed by atoms with van der Waals surface area (Å²) in [5.41, 5.74) is 3.29. The van der Waals surface area contributed by atoms with E-state index in [1.165, 1.54) is 0 Å². The summed E-state index contributed by atoms with van der Waals surface area (Å²) in [5, 5.41) is -1.36. The lowest BCUT2D eigenvalue weighted by Gasteiger charge is -2.18. The average molecular weight is 354 g/mol. The second-order valence-corrected chi connectivity index (χ2v) is 8.82. The minimum Gasteiger partial charge on any atom is -0.349 e. The van der Waals surface area contributed by atoms with E-state index in [4.69, 9.17) is 19.6 Å². The zero-order chi connectivity index (χ0) is 16.9. The van der Waals surface area contributed by atoms with Gasteiger partial charge in [-0.1, -0.05) is 54.6 Å². The minimum atomic E-state index is -4.47. The number of rotatable bonds is 7. The maximum atomic E-state index is 11.2. The van der Waals surface area contributed by atoms with E-state index in [1.807, 2.05) is 54.6 Å². The molecule has 2 rings (SSSR count). The van der Waals surface area contributed by atoms with Crippen molar-refractivity contribution in [1.82, 2.24) is 0 Å². The van der Waals surface area contributed by atoms with E-state index in [2.05, 4.69) is 0 Å². The van der Waals surface area contributed by atoms with E-state index >= 15 is 0 Å². The molecular formula is C16H20O5P2. The summed E-state index contributed by atoms with van der Waals surface area (Å²) >= 11 is 0. The predicted molar refractivity (Wildman–Crippen MR) is 92.0 cm³/mol. The fraction of sp³-hybridized carbons (Fsp3) is 0.250. The van der Waals surface area contributed by atoms with Crippen LogP contribution in [0, 0.1) is 0 Å². The zero-order valence-electron chi connectivity index (χ0n) is 12.5. The lowest BCUT2D eigenvalue weighted by atomic mass is 10.0. The number of hydrogen-bond donors (Lipinski definition) is 4. The molecule has 4 N–H and O–H groups in total. The largest absolute Gasteiger partial charge is 0.349 e. The van der Waals surface area contributed by atoms with Crippen LogP contribution in [0.1, 0.15) is 18.4 Å². The molecule has 0 aliphatic carbocycles. The molecule has 0 heterocycles. The molecule has 1 unspecified atom stereocenters.